The lowest BCUT2D eigenvalue weighted by molar-refractivity contribution is -0.567. The van der Waals surface area contributed by atoms with Crippen LogP contribution in [-0.2, 0) is 14.7 Å². The smallest absolute Gasteiger partial charge is 0.399 e. The lowest BCUT2D eigenvalue weighted by atomic mass is 9.75. The van der Waals surface area contributed by atoms with Crippen LogP contribution in [0.3, 0.4) is 0 Å². The van der Waals surface area contributed by atoms with Crippen LogP contribution in [0.15, 0.2) is 91.3 Å². The minimum Gasteiger partial charge on any atom is -0.399 e. The van der Waals surface area contributed by atoms with E-state index in [1.807, 2.05) is 0 Å². The van der Waals surface area contributed by atoms with E-state index in [1.54, 1.807) is 0 Å². The number of imidazole rings is 1. The number of hydrogen-bond acceptors (Lipinski definition) is 2. The van der Waals surface area contributed by atoms with Crippen LogP contribution in [0.2, 0.25) is 0 Å². The quantitative estimate of drug-likeness (QED) is 0.204. The summed E-state index contributed by atoms with van der Waals surface area (Å²) in [5.74, 6) is 0. The van der Waals surface area contributed by atoms with Crippen LogP contribution in [-0.4, -0.2) is 22.9 Å². The molecule has 1 aliphatic heterocycles. The van der Waals surface area contributed by atoms with E-state index in [2.05, 4.69) is 149 Å². The van der Waals surface area contributed by atoms with Crippen LogP contribution in [0.25, 0.3) is 33.2 Å². The molecule has 1 fully saturated rings. The molecule has 0 N–H and O–H groups in total. The Hall–Kier alpha value is -3.41. The molecular weight excluding hydrogens is 467 g/mol. The lowest BCUT2D eigenvalue weighted by Gasteiger charge is -2.32. The van der Waals surface area contributed by atoms with Crippen molar-refractivity contribution in [2.75, 3.05) is 0 Å². The van der Waals surface area contributed by atoms with E-state index in [4.69, 9.17) is 9.31 Å². The molecule has 2 heterocycles. The first-order chi connectivity index (χ1) is 17.9. The molecule has 38 heavy (non-hydrogen) atoms. The number of para-hydroxylation sites is 1. The summed E-state index contributed by atoms with van der Waals surface area (Å²) in [6, 6.07) is 30.5. The van der Waals surface area contributed by atoms with Crippen LogP contribution in [0.4, 0.5) is 0 Å². The zero-order valence-electron chi connectivity index (χ0n) is 23.4. The van der Waals surface area contributed by atoms with Crippen LogP contribution in [0.1, 0.15) is 54.0 Å². The van der Waals surface area contributed by atoms with Crippen molar-refractivity contribution < 1.29 is 13.9 Å². The number of benzene rings is 4. The maximum Gasteiger partial charge on any atom is 0.495 e. The van der Waals surface area contributed by atoms with E-state index in [-0.39, 0.29) is 5.41 Å². The molecule has 0 spiro atoms. The second-order valence-corrected chi connectivity index (χ2v) is 12.5. The molecule has 1 aromatic heterocycles. The first-order valence-electron chi connectivity index (χ1n) is 13.5. The van der Waals surface area contributed by atoms with Gasteiger partial charge in [0.15, 0.2) is 11.0 Å². The molecule has 6 rings (SSSR count). The topological polar surface area (TPSA) is 27.3 Å². The van der Waals surface area contributed by atoms with E-state index >= 15 is 0 Å². The third kappa shape index (κ3) is 4.15. The van der Waals surface area contributed by atoms with Gasteiger partial charge in [-0.3, -0.25) is 0 Å². The van der Waals surface area contributed by atoms with Crippen LogP contribution in [0.5, 0.6) is 0 Å². The molecule has 0 amide bonds. The van der Waals surface area contributed by atoms with Crippen molar-refractivity contribution in [1.29, 1.82) is 0 Å². The molecule has 0 unspecified atom stereocenters. The molecule has 0 aliphatic carbocycles. The lowest BCUT2D eigenvalue weighted by Crippen LogP contribution is -2.41. The van der Waals surface area contributed by atoms with Gasteiger partial charge in [-0.25, -0.2) is 0 Å². The van der Waals surface area contributed by atoms with Gasteiger partial charge in [-0.2, -0.15) is 9.13 Å². The average Bonchev–Trinajstić information content (AvgIpc) is 3.35. The Balaban J connectivity index is 1.60. The summed E-state index contributed by atoms with van der Waals surface area (Å²) in [7, 11) is -0.426. The number of rotatable bonds is 3. The van der Waals surface area contributed by atoms with Crippen molar-refractivity contribution in [3.8, 4) is 11.4 Å². The SMILES string of the molecule is CC(C)(C)c1cc(B2OC(C)(C)C(C)(C)O2)cc(-n2c[n+](-c3ccccc3)c3cc4ccccc4cc32)c1. The normalized spacial score (nSPS) is 17.0. The average molecular weight is 503 g/mol. The molecule has 0 saturated carbocycles. The van der Waals surface area contributed by atoms with Gasteiger partial charge in [-0.15, -0.1) is 0 Å². The summed E-state index contributed by atoms with van der Waals surface area (Å²) < 4.78 is 17.6. The van der Waals surface area contributed by atoms with Crippen molar-refractivity contribution in [3.63, 3.8) is 0 Å². The highest BCUT2D eigenvalue weighted by atomic mass is 16.7. The summed E-state index contributed by atoms with van der Waals surface area (Å²) in [6.07, 6.45) is 2.20. The molecule has 0 bridgehead atoms. The number of nitrogens with zero attached hydrogens (tertiary/aromatic N) is 2. The Labute approximate surface area is 226 Å². The van der Waals surface area contributed by atoms with E-state index in [9.17, 15) is 0 Å². The van der Waals surface area contributed by atoms with Crippen molar-refractivity contribution >= 4 is 34.4 Å². The highest BCUT2D eigenvalue weighted by Gasteiger charge is 2.52. The van der Waals surface area contributed by atoms with Crippen LogP contribution < -0.4 is 10.0 Å². The number of hydrogen-bond donors (Lipinski definition) is 0. The highest BCUT2D eigenvalue weighted by molar-refractivity contribution is 6.62. The summed E-state index contributed by atoms with van der Waals surface area (Å²) in [6.45, 7) is 15.2. The molecule has 1 saturated heterocycles. The van der Waals surface area contributed by atoms with Gasteiger partial charge in [-0.1, -0.05) is 69.3 Å². The zero-order valence-corrected chi connectivity index (χ0v) is 23.4. The molecule has 5 heteroatoms. The third-order valence-corrected chi connectivity index (χ3v) is 8.24. The Morgan fingerprint density at radius 2 is 1.34 bits per heavy atom. The second kappa shape index (κ2) is 8.55. The standard InChI is InChI=1S/C33H36BN2O2/c1-31(2,3)25-19-26(34-37-32(4,5)33(6,7)38-34)21-28(20-25)36-22-35(27-15-9-8-10-16-27)29-17-23-13-11-12-14-24(23)18-30(29)36/h8-22H,1-7H3/q+1. The van der Waals surface area contributed by atoms with E-state index in [1.165, 1.54) is 16.3 Å². The fourth-order valence-corrected chi connectivity index (χ4v) is 5.16. The second-order valence-electron chi connectivity index (χ2n) is 12.5. The van der Waals surface area contributed by atoms with Crippen LogP contribution in [0, 0.1) is 0 Å². The first-order valence-corrected chi connectivity index (χ1v) is 13.5. The Morgan fingerprint density at radius 1 is 0.737 bits per heavy atom. The highest BCUT2D eigenvalue weighted by Crippen LogP contribution is 2.37. The van der Waals surface area contributed by atoms with Gasteiger partial charge in [0.25, 0.3) is 6.33 Å². The Morgan fingerprint density at radius 3 is 1.97 bits per heavy atom. The van der Waals surface area contributed by atoms with E-state index < -0.39 is 18.3 Å². The van der Waals surface area contributed by atoms with E-state index in [0.29, 0.717) is 0 Å². The molecule has 0 radical (unpaired) electrons. The zero-order chi connectivity index (χ0) is 26.9. The van der Waals surface area contributed by atoms with Gasteiger partial charge >= 0.3 is 7.12 Å². The fourth-order valence-electron chi connectivity index (χ4n) is 5.16. The van der Waals surface area contributed by atoms with Crippen molar-refractivity contribution in [3.05, 3.63) is 96.8 Å². The molecule has 4 aromatic carbocycles. The maximum atomic E-state index is 6.49. The molecule has 4 nitrogen and oxygen atoms in total. The molecule has 5 aromatic rings. The summed E-state index contributed by atoms with van der Waals surface area (Å²) >= 11 is 0. The van der Waals surface area contributed by atoms with E-state index in [0.717, 1.165) is 27.9 Å². The fraction of sp³-hybridized carbons (Fsp3) is 0.303. The largest absolute Gasteiger partial charge is 0.495 e. The summed E-state index contributed by atoms with van der Waals surface area (Å²) in [5, 5.41) is 2.45. The minimum atomic E-state index is -0.426. The summed E-state index contributed by atoms with van der Waals surface area (Å²) in [4.78, 5) is 0. The Kier molecular flexibility index (Phi) is 5.61. The molecule has 0 atom stereocenters. The molecule has 1 aliphatic rings. The van der Waals surface area contributed by atoms with Gasteiger partial charge in [0.1, 0.15) is 11.4 Å². The van der Waals surface area contributed by atoms with Gasteiger partial charge in [0.05, 0.1) is 11.2 Å². The Bertz CT molecular complexity index is 1650. The number of aromatic nitrogens is 2. The molecule has 192 valence electrons. The predicted molar refractivity (Wildman–Crippen MR) is 157 cm³/mol. The number of fused-ring (bicyclic) bond motifs is 2. The first kappa shape index (κ1) is 24.9. The van der Waals surface area contributed by atoms with Crippen molar-refractivity contribution in [2.24, 2.45) is 0 Å². The third-order valence-electron chi connectivity index (χ3n) is 8.24. The van der Waals surface area contributed by atoms with Crippen molar-refractivity contribution in [2.45, 2.75) is 65.1 Å². The minimum absolute atomic E-state index is 0.0422. The van der Waals surface area contributed by atoms with Crippen LogP contribution >= 0.6 is 0 Å². The monoisotopic (exact) mass is 503 g/mol. The summed E-state index contributed by atoms with van der Waals surface area (Å²) in [5.41, 5.74) is 5.98. The predicted octanol–water partition coefficient (Wildman–Crippen LogP) is 6.66. The van der Waals surface area contributed by atoms with Gasteiger partial charge in [0, 0.05) is 0 Å². The maximum absolute atomic E-state index is 6.49. The molecular formula is C33H36BN2O2+. The van der Waals surface area contributed by atoms with Crippen molar-refractivity contribution in [1.82, 2.24) is 4.57 Å². The van der Waals surface area contributed by atoms with Gasteiger partial charge < -0.3 is 9.31 Å². The van der Waals surface area contributed by atoms with Gasteiger partial charge in [0.2, 0.25) is 0 Å². The van der Waals surface area contributed by atoms with Gasteiger partial charge in [-0.05, 0) is 91.3 Å².